The fraction of sp³-hybridized carbons (Fsp3) is 0.619. The number of likely N-dealkylation sites (tertiary alicyclic amines) is 2. The van der Waals surface area contributed by atoms with E-state index >= 15 is 0 Å². The monoisotopic (exact) mass is 373 g/mol. The number of carbonyl (C=O) groups excluding carboxylic acids is 2. The van der Waals surface area contributed by atoms with Crippen LogP contribution >= 0.6 is 0 Å². The van der Waals surface area contributed by atoms with E-state index < -0.39 is 0 Å². The van der Waals surface area contributed by atoms with Crippen molar-refractivity contribution in [2.75, 3.05) is 46.4 Å². The van der Waals surface area contributed by atoms with Gasteiger partial charge in [0, 0.05) is 26.2 Å². The number of nitrogens with one attached hydrogen (secondary N) is 1. The molecule has 1 atom stereocenters. The fourth-order valence-corrected chi connectivity index (χ4v) is 4.06. The molecule has 0 bridgehead atoms. The SMILES string of the molecule is CNCC1CCN(C(=O)C2CCCN(C(=O)COc3ccccc3)C2)CC1. The van der Waals surface area contributed by atoms with Crippen LogP contribution in [-0.4, -0.2) is 68.0 Å². The van der Waals surface area contributed by atoms with Gasteiger partial charge in [-0.05, 0) is 57.3 Å². The van der Waals surface area contributed by atoms with Crippen LogP contribution in [0.5, 0.6) is 5.75 Å². The summed E-state index contributed by atoms with van der Waals surface area (Å²) in [6.07, 6.45) is 3.88. The van der Waals surface area contributed by atoms with Crippen molar-refractivity contribution >= 4 is 11.8 Å². The quantitative estimate of drug-likeness (QED) is 0.825. The van der Waals surface area contributed by atoms with Crippen molar-refractivity contribution in [3.05, 3.63) is 30.3 Å². The van der Waals surface area contributed by atoms with E-state index in [1.54, 1.807) is 4.90 Å². The third-order valence-corrected chi connectivity index (χ3v) is 5.65. The molecule has 2 aliphatic heterocycles. The Morgan fingerprint density at radius 3 is 2.52 bits per heavy atom. The van der Waals surface area contributed by atoms with E-state index in [1.807, 2.05) is 42.3 Å². The molecule has 2 fully saturated rings. The minimum Gasteiger partial charge on any atom is -0.484 e. The molecule has 2 heterocycles. The van der Waals surface area contributed by atoms with Gasteiger partial charge in [-0.3, -0.25) is 9.59 Å². The third-order valence-electron chi connectivity index (χ3n) is 5.65. The molecular weight excluding hydrogens is 342 g/mol. The van der Waals surface area contributed by atoms with Gasteiger partial charge in [0.2, 0.25) is 5.91 Å². The summed E-state index contributed by atoms with van der Waals surface area (Å²) in [5.74, 6) is 1.47. The van der Waals surface area contributed by atoms with Crippen molar-refractivity contribution in [3.63, 3.8) is 0 Å². The highest BCUT2D eigenvalue weighted by atomic mass is 16.5. The molecule has 2 amide bonds. The number of carbonyl (C=O) groups is 2. The predicted octanol–water partition coefficient (Wildman–Crippen LogP) is 1.76. The normalized spacial score (nSPS) is 21.1. The molecule has 2 saturated heterocycles. The van der Waals surface area contributed by atoms with Crippen molar-refractivity contribution in [1.82, 2.24) is 15.1 Å². The van der Waals surface area contributed by atoms with Gasteiger partial charge in [-0.15, -0.1) is 0 Å². The molecule has 0 aliphatic carbocycles. The summed E-state index contributed by atoms with van der Waals surface area (Å²) < 4.78 is 5.58. The molecule has 1 aromatic carbocycles. The lowest BCUT2D eigenvalue weighted by molar-refractivity contribution is -0.142. The molecule has 6 nitrogen and oxygen atoms in total. The first-order chi connectivity index (χ1) is 13.2. The van der Waals surface area contributed by atoms with E-state index in [0.29, 0.717) is 24.8 Å². The van der Waals surface area contributed by atoms with Gasteiger partial charge in [-0.25, -0.2) is 0 Å². The van der Waals surface area contributed by atoms with E-state index in [9.17, 15) is 9.59 Å². The Morgan fingerprint density at radius 1 is 1.07 bits per heavy atom. The van der Waals surface area contributed by atoms with Crippen molar-refractivity contribution < 1.29 is 14.3 Å². The number of nitrogens with zero attached hydrogens (tertiary/aromatic N) is 2. The van der Waals surface area contributed by atoms with Gasteiger partial charge in [0.15, 0.2) is 6.61 Å². The zero-order valence-corrected chi connectivity index (χ0v) is 16.2. The molecule has 27 heavy (non-hydrogen) atoms. The first-order valence-electron chi connectivity index (χ1n) is 10.1. The minimum absolute atomic E-state index is 0.0281. The first kappa shape index (κ1) is 19.7. The van der Waals surface area contributed by atoms with Gasteiger partial charge in [-0.1, -0.05) is 18.2 Å². The lowest BCUT2D eigenvalue weighted by atomic mass is 9.92. The molecule has 0 saturated carbocycles. The maximum Gasteiger partial charge on any atom is 0.260 e. The van der Waals surface area contributed by atoms with Gasteiger partial charge < -0.3 is 19.9 Å². The molecule has 1 N–H and O–H groups in total. The van der Waals surface area contributed by atoms with Crippen molar-refractivity contribution in [1.29, 1.82) is 0 Å². The van der Waals surface area contributed by atoms with E-state index in [0.717, 1.165) is 45.3 Å². The maximum absolute atomic E-state index is 12.9. The van der Waals surface area contributed by atoms with Crippen LogP contribution in [-0.2, 0) is 9.59 Å². The topological polar surface area (TPSA) is 61.9 Å². The fourth-order valence-electron chi connectivity index (χ4n) is 4.06. The molecule has 148 valence electrons. The maximum atomic E-state index is 12.9. The third kappa shape index (κ3) is 5.45. The van der Waals surface area contributed by atoms with Gasteiger partial charge in [-0.2, -0.15) is 0 Å². The summed E-state index contributed by atoms with van der Waals surface area (Å²) in [4.78, 5) is 29.2. The minimum atomic E-state index is -0.0692. The molecular formula is C21H31N3O3. The summed E-state index contributed by atoms with van der Waals surface area (Å²) in [6.45, 7) is 3.96. The standard InChI is InChI=1S/C21H31N3O3/c1-22-14-17-9-12-23(13-10-17)21(26)18-6-5-11-24(15-18)20(25)16-27-19-7-3-2-4-8-19/h2-4,7-8,17-18,22H,5-6,9-16H2,1H3. The number of hydrogen-bond donors (Lipinski definition) is 1. The molecule has 0 radical (unpaired) electrons. The second-order valence-electron chi connectivity index (χ2n) is 7.61. The summed E-state index contributed by atoms with van der Waals surface area (Å²) in [6, 6.07) is 9.36. The Hall–Kier alpha value is -2.08. The van der Waals surface area contributed by atoms with Crippen molar-refractivity contribution in [3.8, 4) is 5.75 Å². The molecule has 3 rings (SSSR count). The van der Waals surface area contributed by atoms with Gasteiger partial charge in [0.05, 0.1) is 5.92 Å². The lowest BCUT2D eigenvalue weighted by Crippen LogP contribution is -2.49. The highest BCUT2D eigenvalue weighted by Gasteiger charge is 2.32. The van der Waals surface area contributed by atoms with Crippen molar-refractivity contribution in [2.45, 2.75) is 25.7 Å². The summed E-state index contributed by atoms with van der Waals surface area (Å²) in [5.41, 5.74) is 0. The number of amides is 2. The smallest absolute Gasteiger partial charge is 0.260 e. The molecule has 1 aromatic rings. The number of piperidine rings is 2. The zero-order valence-electron chi connectivity index (χ0n) is 16.2. The number of rotatable bonds is 6. The van der Waals surface area contributed by atoms with Crippen LogP contribution in [0.25, 0.3) is 0 Å². The van der Waals surface area contributed by atoms with E-state index in [4.69, 9.17) is 4.74 Å². The average Bonchev–Trinajstić information content (AvgIpc) is 2.73. The number of benzene rings is 1. The molecule has 2 aliphatic rings. The van der Waals surface area contributed by atoms with E-state index in [1.165, 1.54) is 0 Å². The predicted molar refractivity (Wildman–Crippen MR) is 104 cm³/mol. The largest absolute Gasteiger partial charge is 0.484 e. The molecule has 0 spiro atoms. The van der Waals surface area contributed by atoms with Crippen molar-refractivity contribution in [2.24, 2.45) is 11.8 Å². The first-order valence-corrected chi connectivity index (χ1v) is 10.1. The van der Waals surface area contributed by atoms with Gasteiger partial charge in [0.25, 0.3) is 5.91 Å². The van der Waals surface area contributed by atoms with Crippen LogP contribution in [0.2, 0.25) is 0 Å². The summed E-state index contributed by atoms with van der Waals surface area (Å²) in [5, 5.41) is 3.23. The summed E-state index contributed by atoms with van der Waals surface area (Å²) in [7, 11) is 1.98. The Labute approximate surface area is 161 Å². The van der Waals surface area contributed by atoms with Gasteiger partial charge in [0.1, 0.15) is 5.75 Å². The highest BCUT2D eigenvalue weighted by Crippen LogP contribution is 2.23. The van der Waals surface area contributed by atoms with Crippen LogP contribution in [0.15, 0.2) is 30.3 Å². The number of ether oxygens (including phenoxy) is 1. The molecule has 6 heteroatoms. The van der Waals surface area contributed by atoms with Crippen LogP contribution in [0.3, 0.4) is 0 Å². The van der Waals surface area contributed by atoms with E-state index in [2.05, 4.69) is 5.32 Å². The van der Waals surface area contributed by atoms with Crippen LogP contribution in [0.1, 0.15) is 25.7 Å². The zero-order chi connectivity index (χ0) is 19.1. The average molecular weight is 373 g/mol. The molecule has 1 unspecified atom stereocenters. The summed E-state index contributed by atoms with van der Waals surface area (Å²) >= 11 is 0. The highest BCUT2D eigenvalue weighted by molar-refractivity contribution is 5.82. The number of para-hydroxylation sites is 1. The van der Waals surface area contributed by atoms with Crippen LogP contribution < -0.4 is 10.1 Å². The van der Waals surface area contributed by atoms with Crippen LogP contribution in [0, 0.1) is 11.8 Å². The Kier molecular flexibility index (Phi) is 7.10. The van der Waals surface area contributed by atoms with Crippen LogP contribution in [0.4, 0.5) is 0 Å². The van der Waals surface area contributed by atoms with Gasteiger partial charge >= 0.3 is 0 Å². The lowest BCUT2D eigenvalue weighted by Gasteiger charge is -2.37. The molecule has 0 aromatic heterocycles. The Morgan fingerprint density at radius 2 is 1.81 bits per heavy atom. The Balaban J connectivity index is 1.47. The second-order valence-corrected chi connectivity index (χ2v) is 7.61. The second kappa shape index (κ2) is 9.74. The number of hydrogen-bond acceptors (Lipinski definition) is 4. The Bertz CT molecular complexity index is 614. The van der Waals surface area contributed by atoms with E-state index in [-0.39, 0.29) is 24.3 Å².